The van der Waals surface area contributed by atoms with Crippen LogP contribution in [-0.4, -0.2) is 64.9 Å². The van der Waals surface area contributed by atoms with Gasteiger partial charge in [0.25, 0.3) is 0 Å². The first-order valence-electron chi connectivity index (χ1n) is 11.7. The number of alkyl carbamates (subject to hydrolysis) is 1. The molecule has 0 aromatic heterocycles. The lowest BCUT2D eigenvalue weighted by Crippen LogP contribution is -2.50. The first-order chi connectivity index (χ1) is 16.4. The summed E-state index contributed by atoms with van der Waals surface area (Å²) in [7, 11) is 0. The van der Waals surface area contributed by atoms with Crippen molar-refractivity contribution in [2.45, 2.75) is 44.2 Å². The number of aliphatic carboxylic acids is 1. The standard InChI is InChI=1S/C26H30N2O6/c1-16-18(25(31)32)11-6-12-28(16)24(30)13-17(29)14-27-26(33)34-15-23-21-9-4-2-7-19(21)20-8-3-5-10-22(20)23/h2-5,7-10,16-18,23,29H,6,11-15H2,1H3,(H,27,33)(H,31,32). The molecule has 0 spiro atoms. The van der Waals surface area contributed by atoms with Crippen molar-refractivity contribution in [3.05, 3.63) is 59.7 Å². The van der Waals surface area contributed by atoms with Crippen molar-refractivity contribution >= 4 is 18.0 Å². The van der Waals surface area contributed by atoms with E-state index in [1.54, 1.807) is 6.92 Å². The van der Waals surface area contributed by atoms with Gasteiger partial charge in [0.1, 0.15) is 6.61 Å². The Bertz CT molecular complexity index is 1030. The van der Waals surface area contributed by atoms with Crippen LogP contribution in [0.4, 0.5) is 4.79 Å². The molecule has 1 saturated heterocycles. The van der Waals surface area contributed by atoms with Gasteiger partial charge in [0.2, 0.25) is 5.91 Å². The van der Waals surface area contributed by atoms with E-state index in [0.29, 0.717) is 19.4 Å². The molecule has 1 heterocycles. The minimum absolute atomic E-state index is 0.0626. The minimum Gasteiger partial charge on any atom is -0.481 e. The molecule has 1 fully saturated rings. The number of carbonyl (C=O) groups excluding carboxylic acids is 2. The molecule has 2 amide bonds. The largest absolute Gasteiger partial charge is 0.481 e. The van der Waals surface area contributed by atoms with Gasteiger partial charge in [-0.1, -0.05) is 48.5 Å². The van der Waals surface area contributed by atoms with Gasteiger partial charge in [0.15, 0.2) is 0 Å². The second-order valence-electron chi connectivity index (χ2n) is 8.98. The van der Waals surface area contributed by atoms with Gasteiger partial charge in [-0.2, -0.15) is 0 Å². The molecule has 0 radical (unpaired) electrons. The van der Waals surface area contributed by atoms with Gasteiger partial charge in [-0.05, 0) is 42.0 Å². The number of amides is 2. The lowest BCUT2D eigenvalue weighted by Gasteiger charge is -2.37. The van der Waals surface area contributed by atoms with Crippen molar-refractivity contribution < 1.29 is 29.3 Å². The van der Waals surface area contributed by atoms with Crippen LogP contribution in [-0.2, 0) is 14.3 Å². The van der Waals surface area contributed by atoms with Crippen LogP contribution in [0.3, 0.4) is 0 Å². The number of piperidine rings is 1. The average molecular weight is 467 g/mol. The first-order valence-corrected chi connectivity index (χ1v) is 11.7. The highest BCUT2D eigenvalue weighted by Crippen LogP contribution is 2.44. The molecule has 1 aliphatic carbocycles. The molecule has 0 bridgehead atoms. The Morgan fingerprint density at radius 3 is 2.32 bits per heavy atom. The van der Waals surface area contributed by atoms with Crippen molar-refractivity contribution in [2.75, 3.05) is 19.7 Å². The van der Waals surface area contributed by atoms with E-state index in [4.69, 9.17) is 4.74 Å². The average Bonchev–Trinajstić information content (AvgIpc) is 3.15. The van der Waals surface area contributed by atoms with Crippen molar-refractivity contribution in [3.63, 3.8) is 0 Å². The smallest absolute Gasteiger partial charge is 0.407 e. The van der Waals surface area contributed by atoms with Crippen LogP contribution < -0.4 is 5.32 Å². The number of nitrogens with zero attached hydrogens (tertiary/aromatic N) is 1. The number of rotatable bonds is 7. The molecule has 2 aromatic rings. The second kappa shape index (κ2) is 10.3. The molecule has 8 heteroatoms. The van der Waals surface area contributed by atoms with Crippen LogP contribution in [0.15, 0.2) is 48.5 Å². The molecule has 3 N–H and O–H groups in total. The maximum atomic E-state index is 12.6. The van der Waals surface area contributed by atoms with E-state index >= 15 is 0 Å². The quantitative estimate of drug-likeness (QED) is 0.578. The van der Waals surface area contributed by atoms with E-state index < -0.39 is 30.1 Å². The maximum Gasteiger partial charge on any atom is 0.407 e. The summed E-state index contributed by atoms with van der Waals surface area (Å²) in [5, 5.41) is 22.1. The number of aliphatic hydroxyl groups excluding tert-OH is 1. The molecule has 2 aliphatic rings. The number of likely N-dealkylation sites (tertiary alicyclic amines) is 1. The molecule has 180 valence electrons. The summed E-state index contributed by atoms with van der Waals surface area (Å²) in [5.74, 6) is -1.90. The predicted molar refractivity (Wildman–Crippen MR) is 125 cm³/mol. The third-order valence-corrected chi connectivity index (χ3v) is 6.86. The normalized spacial score (nSPS) is 20.2. The first kappa shape index (κ1) is 23.8. The molecule has 8 nitrogen and oxygen atoms in total. The fraction of sp³-hybridized carbons (Fsp3) is 0.423. The van der Waals surface area contributed by atoms with Gasteiger partial charge in [0, 0.05) is 25.0 Å². The number of aliphatic hydroxyl groups is 1. The number of fused-ring (bicyclic) bond motifs is 3. The summed E-state index contributed by atoms with van der Waals surface area (Å²) in [5.41, 5.74) is 4.49. The highest BCUT2D eigenvalue weighted by molar-refractivity contribution is 5.80. The van der Waals surface area contributed by atoms with E-state index in [2.05, 4.69) is 17.4 Å². The van der Waals surface area contributed by atoms with Crippen LogP contribution in [0.25, 0.3) is 11.1 Å². The van der Waals surface area contributed by atoms with Gasteiger partial charge >= 0.3 is 12.1 Å². The summed E-state index contributed by atoms with van der Waals surface area (Å²) in [6.45, 7) is 2.22. The number of hydrogen-bond acceptors (Lipinski definition) is 5. The Morgan fingerprint density at radius 1 is 1.09 bits per heavy atom. The van der Waals surface area contributed by atoms with Gasteiger partial charge in [-0.3, -0.25) is 9.59 Å². The summed E-state index contributed by atoms with van der Waals surface area (Å²) < 4.78 is 5.45. The van der Waals surface area contributed by atoms with Crippen molar-refractivity contribution in [2.24, 2.45) is 5.92 Å². The Kier molecular flexibility index (Phi) is 7.17. The van der Waals surface area contributed by atoms with E-state index in [-0.39, 0.29) is 31.4 Å². The number of carboxylic acid groups (broad SMARTS) is 1. The van der Waals surface area contributed by atoms with E-state index in [9.17, 15) is 24.6 Å². The number of carbonyl (C=O) groups is 3. The molecular weight excluding hydrogens is 436 g/mol. The monoisotopic (exact) mass is 466 g/mol. The second-order valence-corrected chi connectivity index (χ2v) is 8.98. The van der Waals surface area contributed by atoms with Crippen molar-refractivity contribution in [3.8, 4) is 11.1 Å². The topological polar surface area (TPSA) is 116 Å². The molecular formula is C26H30N2O6. The minimum atomic E-state index is -1.09. The Hall–Kier alpha value is -3.39. The third kappa shape index (κ3) is 4.92. The van der Waals surface area contributed by atoms with E-state index in [1.165, 1.54) is 4.90 Å². The van der Waals surface area contributed by atoms with E-state index in [1.807, 2.05) is 36.4 Å². The number of ether oxygens (including phenoxy) is 1. The molecule has 0 saturated carbocycles. The Labute approximate surface area is 198 Å². The van der Waals surface area contributed by atoms with E-state index in [0.717, 1.165) is 22.3 Å². The lowest BCUT2D eigenvalue weighted by molar-refractivity contribution is -0.149. The lowest BCUT2D eigenvalue weighted by atomic mass is 9.90. The Balaban J connectivity index is 1.26. The number of benzene rings is 2. The van der Waals surface area contributed by atoms with Crippen LogP contribution in [0.2, 0.25) is 0 Å². The zero-order chi connectivity index (χ0) is 24.2. The van der Waals surface area contributed by atoms with Crippen LogP contribution in [0, 0.1) is 5.92 Å². The zero-order valence-corrected chi connectivity index (χ0v) is 19.1. The van der Waals surface area contributed by atoms with Crippen LogP contribution in [0.1, 0.15) is 43.2 Å². The molecule has 1 aliphatic heterocycles. The summed E-state index contributed by atoms with van der Waals surface area (Å²) in [4.78, 5) is 37.8. The van der Waals surface area contributed by atoms with Crippen molar-refractivity contribution in [1.82, 2.24) is 10.2 Å². The Morgan fingerprint density at radius 2 is 1.71 bits per heavy atom. The van der Waals surface area contributed by atoms with Crippen LogP contribution >= 0.6 is 0 Å². The van der Waals surface area contributed by atoms with Gasteiger partial charge in [0.05, 0.1) is 18.4 Å². The van der Waals surface area contributed by atoms with Gasteiger partial charge in [-0.15, -0.1) is 0 Å². The molecule has 34 heavy (non-hydrogen) atoms. The fourth-order valence-corrected chi connectivity index (χ4v) is 5.07. The van der Waals surface area contributed by atoms with Crippen LogP contribution in [0.5, 0.6) is 0 Å². The number of hydrogen-bond donors (Lipinski definition) is 3. The predicted octanol–water partition coefficient (Wildman–Crippen LogP) is 2.99. The summed E-state index contributed by atoms with van der Waals surface area (Å²) in [6.07, 6.45) is -0.802. The molecule has 3 atom stereocenters. The van der Waals surface area contributed by atoms with Crippen molar-refractivity contribution in [1.29, 1.82) is 0 Å². The van der Waals surface area contributed by atoms with Gasteiger partial charge in [-0.25, -0.2) is 4.79 Å². The highest BCUT2D eigenvalue weighted by atomic mass is 16.5. The summed E-state index contributed by atoms with van der Waals surface area (Å²) >= 11 is 0. The number of nitrogens with one attached hydrogen (secondary N) is 1. The zero-order valence-electron chi connectivity index (χ0n) is 19.1. The SMILES string of the molecule is CC1C(C(=O)O)CCCN1C(=O)CC(O)CNC(=O)OCC1c2ccccc2-c2ccccc21. The maximum absolute atomic E-state index is 12.6. The number of carboxylic acids is 1. The molecule has 2 aromatic carbocycles. The third-order valence-electron chi connectivity index (χ3n) is 6.86. The molecule has 3 unspecified atom stereocenters. The summed E-state index contributed by atoms with van der Waals surface area (Å²) in [6, 6.07) is 15.7. The molecule has 4 rings (SSSR count). The van der Waals surface area contributed by atoms with Gasteiger partial charge < -0.3 is 25.2 Å². The fourth-order valence-electron chi connectivity index (χ4n) is 5.07. The highest BCUT2D eigenvalue weighted by Gasteiger charge is 2.35.